The van der Waals surface area contributed by atoms with Gasteiger partial charge in [-0.3, -0.25) is 4.99 Å². The minimum absolute atomic E-state index is 0.0349. The molecule has 2 heteroatoms. The van der Waals surface area contributed by atoms with Crippen LogP contribution in [0.3, 0.4) is 0 Å². The summed E-state index contributed by atoms with van der Waals surface area (Å²) in [5.41, 5.74) is 4.36. The number of halogens is 1. The highest BCUT2D eigenvalue weighted by Crippen LogP contribution is 2.29. The number of rotatable bonds is 1. The SMILES string of the molecule is ClC1Cc2ccccc2N=C1c1ccccc1. The number of alkyl halides is 1. The van der Waals surface area contributed by atoms with Crippen LogP contribution < -0.4 is 0 Å². The standard InChI is InChI=1S/C15H12ClN/c16-13-10-12-8-4-5-9-14(12)17-15(13)11-6-2-1-3-7-11/h1-9,13H,10H2. The first-order valence-electron chi connectivity index (χ1n) is 5.70. The Morgan fingerprint density at radius 3 is 2.47 bits per heavy atom. The Morgan fingerprint density at radius 2 is 1.65 bits per heavy atom. The predicted molar refractivity (Wildman–Crippen MR) is 72.4 cm³/mol. The molecular formula is C15H12ClN. The highest BCUT2D eigenvalue weighted by molar-refractivity contribution is 6.36. The Morgan fingerprint density at radius 1 is 0.941 bits per heavy atom. The lowest BCUT2D eigenvalue weighted by molar-refractivity contribution is 1.01. The molecule has 3 rings (SSSR count). The van der Waals surface area contributed by atoms with Crippen LogP contribution in [0.4, 0.5) is 5.69 Å². The molecule has 0 N–H and O–H groups in total. The van der Waals surface area contributed by atoms with E-state index in [9.17, 15) is 0 Å². The summed E-state index contributed by atoms with van der Waals surface area (Å²) in [5.74, 6) is 0. The molecule has 0 aromatic heterocycles. The highest BCUT2D eigenvalue weighted by Gasteiger charge is 2.21. The van der Waals surface area contributed by atoms with Crippen molar-refractivity contribution < 1.29 is 0 Å². The van der Waals surface area contributed by atoms with Gasteiger partial charge in [0.25, 0.3) is 0 Å². The second-order valence-electron chi connectivity index (χ2n) is 4.16. The lowest BCUT2D eigenvalue weighted by Gasteiger charge is -2.20. The van der Waals surface area contributed by atoms with Crippen LogP contribution in [0.25, 0.3) is 0 Å². The van der Waals surface area contributed by atoms with Crippen LogP contribution >= 0.6 is 11.6 Å². The number of benzene rings is 2. The van der Waals surface area contributed by atoms with Crippen LogP contribution in [0.2, 0.25) is 0 Å². The maximum atomic E-state index is 6.41. The fourth-order valence-corrected chi connectivity index (χ4v) is 2.48. The van der Waals surface area contributed by atoms with Gasteiger partial charge >= 0.3 is 0 Å². The minimum Gasteiger partial charge on any atom is -0.251 e. The largest absolute Gasteiger partial charge is 0.251 e. The topological polar surface area (TPSA) is 12.4 Å². The van der Waals surface area contributed by atoms with E-state index in [1.54, 1.807) is 0 Å². The third-order valence-electron chi connectivity index (χ3n) is 3.00. The molecule has 1 nitrogen and oxygen atoms in total. The van der Waals surface area contributed by atoms with E-state index in [4.69, 9.17) is 11.6 Å². The number of para-hydroxylation sites is 1. The molecule has 1 atom stereocenters. The summed E-state index contributed by atoms with van der Waals surface area (Å²) in [6.07, 6.45) is 0.853. The number of hydrogen-bond donors (Lipinski definition) is 0. The van der Waals surface area contributed by atoms with Crippen molar-refractivity contribution in [3.8, 4) is 0 Å². The van der Waals surface area contributed by atoms with Crippen molar-refractivity contribution in [2.75, 3.05) is 0 Å². The molecule has 0 amide bonds. The van der Waals surface area contributed by atoms with Crippen LogP contribution in [0.15, 0.2) is 59.6 Å². The fourth-order valence-electron chi connectivity index (χ4n) is 2.14. The summed E-state index contributed by atoms with van der Waals surface area (Å²) in [5, 5.41) is -0.0349. The van der Waals surface area contributed by atoms with E-state index in [0.717, 1.165) is 23.4 Å². The van der Waals surface area contributed by atoms with E-state index in [1.165, 1.54) is 5.56 Å². The predicted octanol–water partition coefficient (Wildman–Crippen LogP) is 3.97. The molecule has 0 radical (unpaired) electrons. The molecule has 2 aromatic carbocycles. The number of fused-ring (bicyclic) bond motifs is 1. The maximum absolute atomic E-state index is 6.41. The van der Waals surface area contributed by atoms with Gasteiger partial charge in [0.2, 0.25) is 0 Å². The Hall–Kier alpha value is -1.60. The Kier molecular flexibility index (Phi) is 2.69. The molecule has 1 aliphatic rings. The van der Waals surface area contributed by atoms with Gasteiger partial charge in [0.1, 0.15) is 0 Å². The van der Waals surface area contributed by atoms with Crippen molar-refractivity contribution in [3.63, 3.8) is 0 Å². The Balaban J connectivity index is 2.10. The second kappa shape index (κ2) is 4.34. The second-order valence-corrected chi connectivity index (χ2v) is 4.69. The van der Waals surface area contributed by atoms with Crippen LogP contribution in [0, 0.1) is 0 Å². The van der Waals surface area contributed by atoms with E-state index in [0.29, 0.717) is 0 Å². The van der Waals surface area contributed by atoms with E-state index in [1.807, 2.05) is 36.4 Å². The molecule has 1 heterocycles. The molecule has 0 saturated heterocycles. The quantitative estimate of drug-likeness (QED) is 0.670. The summed E-state index contributed by atoms with van der Waals surface area (Å²) >= 11 is 6.41. The fraction of sp³-hybridized carbons (Fsp3) is 0.133. The third kappa shape index (κ3) is 1.98. The van der Waals surface area contributed by atoms with Crippen molar-refractivity contribution in [1.82, 2.24) is 0 Å². The van der Waals surface area contributed by atoms with Crippen LogP contribution in [0.5, 0.6) is 0 Å². The Labute approximate surface area is 106 Å². The van der Waals surface area contributed by atoms with Gasteiger partial charge in [-0.2, -0.15) is 0 Å². The molecule has 0 aliphatic carbocycles. The van der Waals surface area contributed by atoms with Crippen molar-refractivity contribution in [1.29, 1.82) is 0 Å². The molecule has 2 aromatic rings. The smallest absolute Gasteiger partial charge is 0.0804 e. The van der Waals surface area contributed by atoms with Gasteiger partial charge < -0.3 is 0 Å². The van der Waals surface area contributed by atoms with Crippen molar-refractivity contribution in [2.45, 2.75) is 11.8 Å². The Bertz CT molecular complexity index is 560. The summed E-state index contributed by atoms with van der Waals surface area (Å²) in [6.45, 7) is 0. The molecule has 84 valence electrons. The monoisotopic (exact) mass is 241 g/mol. The van der Waals surface area contributed by atoms with Gasteiger partial charge in [0.15, 0.2) is 0 Å². The summed E-state index contributed by atoms with van der Waals surface area (Å²) in [4.78, 5) is 4.68. The van der Waals surface area contributed by atoms with E-state index >= 15 is 0 Å². The highest BCUT2D eigenvalue weighted by atomic mass is 35.5. The first-order valence-corrected chi connectivity index (χ1v) is 6.14. The summed E-state index contributed by atoms with van der Waals surface area (Å²) < 4.78 is 0. The average Bonchev–Trinajstić information content (AvgIpc) is 2.39. The van der Waals surface area contributed by atoms with Gasteiger partial charge in [-0.1, -0.05) is 48.5 Å². The molecule has 1 unspecified atom stereocenters. The lowest BCUT2D eigenvalue weighted by atomic mass is 9.97. The van der Waals surface area contributed by atoms with Gasteiger partial charge in [0.05, 0.1) is 16.8 Å². The molecular weight excluding hydrogens is 230 g/mol. The molecule has 1 aliphatic heterocycles. The summed E-state index contributed by atoms with van der Waals surface area (Å²) in [6, 6.07) is 18.3. The van der Waals surface area contributed by atoms with Crippen molar-refractivity contribution >= 4 is 23.0 Å². The van der Waals surface area contributed by atoms with Crippen molar-refractivity contribution in [3.05, 3.63) is 65.7 Å². The average molecular weight is 242 g/mol. The van der Waals surface area contributed by atoms with Gasteiger partial charge in [0, 0.05) is 0 Å². The van der Waals surface area contributed by atoms with Gasteiger partial charge in [-0.05, 0) is 23.6 Å². The molecule has 17 heavy (non-hydrogen) atoms. The minimum atomic E-state index is -0.0349. The van der Waals surface area contributed by atoms with Crippen molar-refractivity contribution in [2.24, 2.45) is 4.99 Å². The lowest BCUT2D eigenvalue weighted by Crippen LogP contribution is -2.21. The molecule has 0 spiro atoms. The first-order chi connectivity index (χ1) is 8.34. The first kappa shape index (κ1) is 10.5. The molecule has 0 bridgehead atoms. The van der Waals surface area contributed by atoms with Crippen LogP contribution in [-0.4, -0.2) is 11.1 Å². The number of aliphatic imine (C=N–C) groups is 1. The normalized spacial score (nSPS) is 18.4. The van der Waals surface area contributed by atoms with Gasteiger partial charge in [-0.25, -0.2) is 0 Å². The van der Waals surface area contributed by atoms with E-state index < -0.39 is 0 Å². The number of nitrogens with zero attached hydrogens (tertiary/aromatic N) is 1. The zero-order valence-electron chi connectivity index (χ0n) is 9.31. The molecule has 0 fully saturated rings. The zero-order valence-corrected chi connectivity index (χ0v) is 10.1. The van der Waals surface area contributed by atoms with Gasteiger partial charge in [-0.15, -0.1) is 11.6 Å². The van der Waals surface area contributed by atoms with E-state index in [2.05, 4.69) is 23.2 Å². The zero-order chi connectivity index (χ0) is 11.7. The van der Waals surface area contributed by atoms with E-state index in [-0.39, 0.29) is 5.38 Å². The maximum Gasteiger partial charge on any atom is 0.0804 e. The number of hydrogen-bond acceptors (Lipinski definition) is 1. The van der Waals surface area contributed by atoms with Crippen LogP contribution in [0.1, 0.15) is 11.1 Å². The molecule has 0 saturated carbocycles. The van der Waals surface area contributed by atoms with Crippen LogP contribution in [-0.2, 0) is 6.42 Å². The third-order valence-corrected chi connectivity index (χ3v) is 3.36. The summed E-state index contributed by atoms with van der Waals surface area (Å²) in [7, 11) is 0.